The molecule has 0 atom stereocenters. The van der Waals surface area contributed by atoms with Gasteiger partial charge in [0, 0.05) is 12.2 Å². The van der Waals surface area contributed by atoms with E-state index in [2.05, 4.69) is 6.08 Å². The van der Waals surface area contributed by atoms with Gasteiger partial charge in [0.15, 0.2) is 0 Å². The van der Waals surface area contributed by atoms with Crippen molar-refractivity contribution in [1.82, 2.24) is 9.55 Å². The minimum Gasteiger partial charge on any atom is -0.497 e. The van der Waals surface area contributed by atoms with Gasteiger partial charge in [-0.05, 0) is 60.4 Å². The predicted octanol–water partition coefficient (Wildman–Crippen LogP) is 3.32. The number of allylic oxidation sites excluding steroid dienone is 1. The molecule has 0 radical (unpaired) electrons. The molecule has 2 aromatic carbocycles. The molecule has 5 nitrogen and oxygen atoms in total. The van der Waals surface area contributed by atoms with Gasteiger partial charge in [0.2, 0.25) is 0 Å². The minimum absolute atomic E-state index is 0.00348. The fourth-order valence-electron chi connectivity index (χ4n) is 3.30. The second kappa shape index (κ2) is 6.09. The van der Waals surface area contributed by atoms with Gasteiger partial charge in [-0.1, -0.05) is 12.1 Å². The number of fused-ring (bicyclic) bond motifs is 2. The van der Waals surface area contributed by atoms with Gasteiger partial charge in [0.05, 0.1) is 18.0 Å². The Labute approximate surface area is 145 Å². The number of ether oxygens (including phenoxy) is 1. The molecule has 2 N–H and O–H groups in total. The first-order valence-electron chi connectivity index (χ1n) is 8.31. The standard InChI is InChI=1S/C20H19N3O2/c1-25-16-6-2-4-13(11-16)10-14-5-3-9-23-19(14)22-18-12-15(21)7-8-17(18)20(23)24/h2,4,6-8,10-12H,3,5,9,21H2,1H3. The monoisotopic (exact) mass is 333 g/mol. The van der Waals surface area contributed by atoms with Gasteiger partial charge in [-0.3, -0.25) is 9.36 Å². The molecule has 0 unspecified atom stereocenters. The number of hydrogen-bond acceptors (Lipinski definition) is 4. The van der Waals surface area contributed by atoms with Gasteiger partial charge in [0.1, 0.15) is 11.6 Å². The summed E-state index contributed by atoms with van der Waals surface area (Å²) in [6.45, 7) is 0.691. The van der Waals surface area contributed by atoms with Crippen LogP contribution in [0, 0.1) is 0 Å². The van der Waals surface area contributed by atoms with Crippen molar-refractivity contribution in [2.45, 2.75) is 19.4 Å². The van der Waals surface area contributed by atoms with E-state index in [1.807, 2.05) is 24.3 Å². The van der Waals surface area contributed by atoms with Gasteiger partial charge in [-0.2, -0.15) is 0 Å². The summed E-state index contributed by atoms with van der Waals surface area (Å²) < 4.78 is 7.06. The highest BCUT2D eigenvalue weighted by atomic mass is 16.5. The Morgan fingerprint density at radius 1 is 1.24 bits per heavy atom. The maximum atomic E-state index is 12.8. The zero-order valence-corrected chi connectivity index (χ0v) is 14.0. The van der Waals surface area contributed by atoms with Crippen LogP contribution in [0.4, 0.5) is 5.69 Å². The first-order valence-corrected chi connectivity index (χ1v) is 8.31. The molecule has 2 heterocycles. The molecular weight excluding hydrogens is 314 g/mol. The fraction of sp³-hybridized carbons (Fsp3) is 0.200. The van der Waals surface area contributed by atoms with E-state index < -0.39 is 0 Å². The zero-order chi connectivity index (χ0) is 17.4. The summed E-state index contributed by atoms with van der Waals surface area (Å²) in [5.41, 5.74) is 9.21. The predicted molar refractivity (Wildman–Crippen MR) is 101 cm³/mol. The highest BCUT2D eigenvalue weighted by Gasteiger charge is 2.19. The van der Waals surface area contributed by atoms with Crippen molar-refractivity contribution < 1.29 is 4.74 Å². The van der Waals surface area contributed by atoms with E-state index >= 15 is 0 Å². The van der Waals surface area contributed by atoms with Gasteiger partial charge in [-0.15, -0.1) is 0 Å². The molecule has 0 saturated heterocycles. The van der Waals surface area contributed by atoms with Crippen molar-refractivity contribution in [2.75, 3.05) is 12.8 Å². The van der Waals surface area contributed by atoms with Crippen molar-refractivity contribution in [3.63, 3.8) is 0 Å². The van der Waals surface area contributed by atoms with Crippen LogP contribution in [0.15, 0.2) is 47.3 Å². The molecule has 1 aliphatic heterocycles. The molecule has 4 rings (SSSR count). The van der Waals surface area contributed by atoms with Crippen molar-refractivity contribution >= 4 is 28.2 Å². The maximum absolute atomic E-state index is 12.8. The molecule has 126 valence electrons. The van der Waals surface area contributed by atoms with Gasteiger partial charge < -0.3 is 10.5 Å². The van der Waals surface area contributed by atoms with Gasteiger partial charge in [0.25, 0.3) is 5.56 Å². The number of hydrogen-bond donors (Lipinski definition) is 1. The van der Waals surface area contributed by atoms with Crippen molar-refractivity contribution in [3.8, 4) is 5.75 Å². The molecule has 25 heavy (non-hydrogen) atoms. The molecule has 1 aliphatic rings. The van der Waals surface area contributed by atoms with Crippen LogP contribution in [-0.4, -0.2) is 16.7 Å². The molecule has 0 saturated carbocycles. The van der Waals surface area contributed by atoms with Gasteiger partial charge in [-0.25, -0.2) is 4.98 Å². The highest BCUT2D eigenvalue weighted by molar-refractivity contribution is 5.85. The van der Waals surface area contributed by atoms with Crippen LogP contribution >= 0.6 is 0 Å². The molecule has 0 amide bonds. The topological polar surface area (TPSA) is 70.1 Å². The Hall–Kier alpha value is -3.08. The molecule has 0 aliphatic carbocycles. The average Bonchev–Trinajstić information content (AvgIpc) is 2.62. The quantitative estimate of drug-likeness (QED) is 0.730. The summed E-state index contributed by atoms with van der Waals surface area (Å²) in [7, 11) is 1.65. The smallest absolute Gasteiger partial charge is 0.261 e. The van der Waals surface area contributed by atoms with Crippen molar-refractivity contribution in [1.29, 1.82) is 0 Å². The van der Waals surface area contributed by atoms with E-state index in [0.717, 1.165) is 35.6 Å². The highest BCUT2D eigenvalue weighted by Crippen LogP contribution is 2.28. The average molecular weight is 333 g/mol. The normalized spacial score (nSPS) is 15.3. The lowest BCUT2D eigenvalue weighted by Gasteiger charge is -2.21. The summed E-state index contributed by atoms with van der Waals surface area (Å²) in [6, 6.07) is 13.1. The Bertz CT molecular complexity index is 1050. The van der Waals surface area contributed by atoms with Crippen LogP contribution in [0.5, 0.6) is 5.75 Å². The summed E-state index contributed by atoms with van der Waals surface area (Å²) in [5, 5.41) is 0.612. The minimum atomic E-state index is -0.00348. The first kappa shape index (κ1) is 15.4. The first-order chi connectivity index (χ1) is 12.2. The molecule has 0 fully saturated rings. The second-order valence-corrected chi connectivity index (χ2v) is 6.22. The number of nitrogens with zero attached hydrogens (tertiary/aromatic N) is 2. The summed E-state index contributed by atoms with van der Waals surface area (Å²) in [6.07, 6.45) is 3.89. The lowest BCUT2D eigenvalue weighted by atomic mass is 10.0. The molecular formula is C20H19N3O2. The van der Waals surface area contributed by atoms with E-state index in [9.17, 15) is 4.79 Å². The van der Waals surface area contributed by atoms with E-state index in [1.54, 1.807) is 29.9 Å². The van der Waals surface area contributed by atoms with Crippen LogP contribution in [-0.2, 0) is 6.54 Å². The fourth-order valence-corrected chi connectivity index (χ4v) is 3.30. The number of methoxy groups -OCH3 is 1. The number of rotatable bonds is 2. The largest absolute Gasteiger partial charge is 0.497 e. The van der Waals surface area contributed by atoms with E-state index in [4.69, 9.17) is 15.5 Å². The Morgan fingerprint density at radius 2 is 2.12 bits per heavy atom. The van der Waals surface area contributed by atoms with Crippen LogP contribution in [0.25, 0.3) is 22.6 Å². The molecule has 5 heteroatoms. The summed E-state index contributed by atoms with van der Waals surface area (Å²) in [4.78, 5) is 17.6. The number of benzene rings is 2. The van der Waals surface area contributed by atoms with Crippen LogP contribution in [0.2, 0.25) is 0 Å². The number of nitrogens with two attached hydrogens (primary N) is 1. The molecule has 1 aromatic heterocycles. The summed E-state index contributed by atoms with van der Waals surface area (Å²) in [5.74, 6) is 1.54. The summed E-state index contributed by atoms with van der Waals surface area (Å²) >= 11 is 0. The third-order valence-electron chi connectivity index (χ3n) is 4.53. The van der Waals surface area contributed by atoms with E-state index in [1.165, 1.54) is 0 Å². The lowest BCUT2D eigenvalue weighted by molar-refractivity contribution is 0.414. The van der Waals surface area contributed by atoms with Crippen molar-refractivity contribution in [2.24, 2.45) is 0 Å². The zero-order valence-electron chi connectivity index (χ0n) is 14.0. The Morgan fingerprint density at radius 3 is 2.96 bits per heavy atom. The third-order valence-corrected chi connectivity index (χ3v) is 4.53. The van der Waals surface area contributed by atoms with Crippen LogP contribution < -0.4 is 16.0 Å². The van der Waals surface area contributed by atoms with Gasteiger partial charge >= 0.3 is 0 Å². The molecule has 0 spiro atoms. The van der Waals surface area contributed by atoms with Crippen LogP contribution in [0.3, 0.4) is 0 Å². The lowest BCUT2D eigenvalue weighted by Crippen LogP contribution is -2.27. The Kier molecular flexibility index (Phi) is 3.76. The second-order valence-electron chi connectivity index (χ2n) is 6.22. The number of nitrogen functional groups attached to an aromatic ring is 1. The SMILES string of the molecule is COc1cccc(C=C2CCCn3c2nc2cc(N)ccc2c3=O)c1. The number of aromatic nitrogens is 2. The Balaban J connectivity index is 1.90. The molecule has 0 bridgehead atoms. The van der Waals surface area contributed by atoms with Crippen LogP contribution in [0.1, 0.15) is 24.2 Å². The molecule has 3 aromatic rings. The maximum Gasteiger partial charge on any atom is 0.261 e. The van der Waals surface area contributed by atoms with E-state index in [-0.39, 0.29) is 5.56 Å². The van der Waals surface area contributed by atoms with E-state index in [0.29, 0.717) is 23.1 Å². The van der Waals surface area contributed by atoms with Crippen molar-refractivity contribution in [3.05, 3.63) is 64.2 Å². The third kappa shape index (κ3) is 2.78. The number of anilines is 1.